The fraction of sp³-hybridized carbons (Fsp3) is 0.769. The topological polar surface area (TPSA) is 29.1 Å². The first kappa shape index (κ1) is 10.5. The van der Waals surface area contributed by atoms with E-state index in [4.69, 9.17) is 0 Å². The molecule has 2 aliphatic rings. The van der Waals surface area contributed by atoms with Crippen molar-refractivity contribution in [2.24, 2.45) is 17.8 Å². The lowest BCUT2D eigenvalue weighted by Crippen LogP contribution is -2.34. The first-order valence-electron chi connectivity index (χ1n) is 5.98. The van der Waals surface area contributed by atoms with Crippen LogP contribution in [0.2, 0.25) is 0 Å². The summed E-state index contributed by atoms with van der Waals surface area (Å²) in [6.07, 6.45) is 5.85. The Hall–Kier alpha value is -0.970. The van der Waals surface area contributed by atoms with Crippen LogP contribution in [0, 0.1) is 29.6 Å². The third-order valence-electron chi connectivity index (χ3n) is 3.80. The van der Waals surface area contributed by atoms with E-state index in [-0.39, 0.29) is 5.91 Å². The number of nitrogens with one attached hydrogen (secondary N) is 1. The number of carbonyl (C=O) groups is 1. The van der Waals surface area contributed by atoms with Gasteiger partial charge in [0, 0.05) is 18.9 Å². The number of amides is 1. The first-order chi connectivity index (χ1) is 7.31. The maximum Gasteiger partial charge on any atom is 0.223 e. The summed E-state index contributed by atoms with van der Waals surface area (Å²) in [6, 6.07) is 0. The molecule has 0 heterocycles. The van der Waals surface area contributed by atoms with Crippen LogP contribution in [-0.4, -0.2) is 12.5 Å². The number of carbonyl (C=O) groups excluding carboxylic acids is 1. The summed E-state index contributed by atoms with van der Waals surface area (Å²) >= 11 is 0. The molecular weight excluding hydrogens is 186 g/mol. The van der Waals surface area contributed by atoms with Crippen LogP contribution < -0.4 is 5.32 Å². The van der Waals surface area contributed by atoms with Gasteiger partial charge in [-0.3, -0.25) is 4.79 Å². The second-order valence-corrected chi connectivity index (χ2v) is 4.75. The summed E-state index contributed by atoms with van der Waals surface area (Å²) in [5.74, 6) is 7.93. The molecule has 1 N–H and O–H groups in total. The summed E-state index contributed by atoms with van der Waals surface area (Å²) in [4.78, 5) is 11.8. The number of rotatable bonds is 3. The molecule has 2 saturated carbocycles. The highest BCUT2D eigenvalue weighted by Gasteiger charge is 2.42. The maximum atomic E-state index is 11.8. The molecule has 82 valence electrons. The van der Waals surface area contributed by atoms with Crippen LogP contribution in [0.15, 0.2) is 0 Å². The van der Waals surface area contributed by atoms with E-state index in [1.165, 1.54) is 19.3 Å². The van der Waals surface area contributed by atoms with E-state index in [0.717, 1.165) is 18.8 Å². The highest BCUT2D eigenvalue weighted by molar-refractivity contribution is 5.79. The Kier molecular flexibility index (Phi) is 3.30. The van der Waals surface area contributed by atoms with Crippen molar-refractivity contribution in [1.82, 2.24) is 5.32 Å². The molecule has 2 nitrogen and oxygen atoms in total. The molecule has 0 aromatic carbocycles. The van der Waals surface area contributed by atoms with E-state index >= 15 is 0 Å². The normalized spacial score (nSPS) is 32.2. The van der Waals surface area contributed by atoms with E-state index in [9.17, 15) is 4.79 Å². The molecule has 15 heavy (non-hydrogen) atoms. The molecule has 1 amide bonds. The van der Waals surface area contributed by atoms with Crippen molar-refractivity contribution in [3.63, 3.8) is 0 Å². The van der Waals surface area contributed by atoms with E-state index in [1.54, 1.807) is 0 Å². The van der Waals surface area contributed by atoms with Gasteiger partial charge in [-0.25, -0.2) is 0 Å². The molecular formula is C13H19NO. The molecule has 2 rings (SSSR count). The van der Waals surface area contributed by atoms with Crippen LogP contribution in [0.4, 0.5) is 0 Å². The average molecular weight is 205 g/mol. The predicted molar refractivity (Wildman–Crippen MR) is 60.0 cm³/mol. The molecule has 0 aromatic rings. The molecule has 0 spiro atoms. The standard InChI is InChI=1S/C13H19NO/c1-2-3-4-7-14-13(15)12-9-10-5-6-11(12)8-10/h10-12H,4-9H2,1H3,(H,14,15). The van der Waals surface area contributed by atoms with E-state index in [1.807, 2.05) is 6.92 Å². The minimum atomic E-state index is 0.278. The van der Waals surface area contributed by atoms with Gasteiger partial charge in [0.15, 0.2) is 0 Å². The molecule has 2 heteroatoms. The van der Waals surface area contributed by atoms with Crippen LogP contribution in [0.25, 0.3) is 0 Å². The van der Waals surface area contributed by atoms with E-state index < -0.39 is 0 Å². The highest BCUT2D eigenvalue weighted by atomic mass is 16.1. The molecule has 2 fully saturated rings. The maximum absolute atomic E-state index is 11.8. The van der Waals surface area contributed by atoms with E-state index in [0.29, 0.717) is 18.4 Å². The van der Waals surface area contributed by atoms with Gasteiger partial charge in [-0.15, -0.1) is 11.8 Å². The van der Waals surface area contributed by atoms with Gasteiger partial charge in [-0.1, -0.05) is 6.42 Å². The lowest BCUT2D eigenvalue weighted by molar-refractivity contribution is -0.126. The monoisotopic (exact) mass is 205 g/mol. The van der Waals surface area contributed by atoms with Gasteiger partial charge in [0.25, 0.3) is 0 Å². The van der Waals surface area contributed by atoms with Crippen LogP contribution in [0.3, 0.4) is 0 Å². The Morgan fingerprint density at radius 3 is 2.87 bits per heavy atom. The van der Waals surface area contributed by atoms with Gasteiger partial charge in [0.2, 0.25) is 5.91 Å². The second kappa shape index (κ2) is 4.70. The second-order valence-electron chi connectivity index (χ2n) is 4.75. The quantitative estimate of drug-likeness (QED) is 0.554. The SMILES string of the molecule is CC#CCCNC(=O)C1CC2CCC1C2. The third kappa shape index (κ3) is 2.34. The van der Waals surface area contributed by atoms with Gasteiger partial charge in [0.05, 0.1) is 0 Å². The number of hydrogen-bond donors (Lipinski definition) is 1. The van der Waals surface area contributed by atoms with Crippen molar-refractivity contribution >= 4 is 5.91 Å². The molecule has 3 unspecified atom stereocenters. The lowest BCUT2D eigenvalue weighted by Gasteiger charge is -2.20. The van der Waals surface area contributed by atoms with Crippen LogP contribution >= 0.6 is 0 Å². The van der Waals surface area contributed by atoms with Gasteiger partial charge in [-0.2, -0.15) is 0 Å². The van der Waals surface area contributed by atoms with Crippen molar-refractivity contribution < 1.29 is 4.79 Å². The Labute approximate surface area is 91.8 Å². The van der Waals surface area contributed by atoms with Crippen molar-refractivity contribution in [2.75, 3.05) is 6.54 Å². The fourth-order valence-corrected chi connectivity index (χ4v) is 3.07. The van der Waals surface area contributed by atoms with Crippen LogP contribution in [-0.2, 0) is 4.79 Å². The smallest absolute Gasteiger partial charge is 0.223 e. The van der Waals surface area contributed by atoms with Crippen molar-refractivity contribution in [3.05, 3.63) is 0 Å². The minimum Gasteiger partial charge on any atom is -0.355 e. The molecule has 0 saturated heterocycles. The van der Waals surface area contributed by atoms with Crippen LogP contribution in [0.1, 0.15) is 39.0 Å². The molecule has 2 bridgehead atoms. The number of fused-ring (bicyclic) bond motifs is 2. The Morgan fingerprint density at radius 1 is 1.40 bits per heavy atom. The minimum absolute atomic E-state index is 0.278. The summed E-state index contributed by atoms with van der Waals surface area (Å²) < 4.78 is 0. The van der Waals surface area contributed by atoms with Crippen molar-refractivity contribution in [2.45, 2.75) is 39.0 Å². The Morgan fingerprint density at radius 2 is 2.27 bits per heavy atom. The van der Waals surface area contributed by atoms with Gasteiger partial charge < -0.3 is 5.32 Å². The molecule has 2 aliphatic carbocycles. The highest BCUT2D eigenvalue weighted by Crippen LogP contribution is 2.48. The van der Waals surface area contributed by atoms with Gasteiger partial charge in [0.1, 0.15) is 0 Å². The Balaban J connectivity index is 1.74. The van der Waals surface area contributed by atoms with Gasteiger partial charge >= 0.3 is 0 Å². The van der Waals surface area contributed by atoms with Crippen molar-refractivity contribution in [1.29, 1.82) is 0 Å². The zero-order valence-electron chi connectivity index (χ0n) is 9.38. The molecule has 0 aromatic heterocycles. The predicted octanol–water partition coefficient (Wildman–Crippen LogP) is 1.95. The lowest BCUT2D eigenvalue weighted by atomic mass is 9.88. The Bertz CT molecular complexity index is 299. The summed E-state index contributed by atoms with van der Waals surface area (Å²) in [6.45, 7) is 2.55. The molecule has 0 aliphatic heterocycles. The fourth-order valence-electron chi connectivity index (χ4n) is 3.07. The third-order valence-corrected chi connectivity index (χ3v) is 3.80. The van der Waals surface area contributed by atoms with Crippen LogP contribution in [0.5, 0.6) is 0 Å². The largest absolute Gasteiger partial charge is 0.355 e. The zero-order chi connectivity index (χ0) is 10.7. The number of hydrogen-bond acceptors (Lipinski definition) is 1. The molecule has 3 atom stereocenters. The van der Waals surface area contributed by atoms with Gasteiger partial charge in [-0.05, 0) is 38.0 Å². The summed E-state index contributed by atoms with van der Waals surface area (Å²) in [5.41, 5.74) is 0. The average Bonchev–Trinajstić information content (AvgIpc) is 2.85. The van der Waals surface area contributed by atoms with E-state index in [2.05, 4.69) is 17.2 Å². The first-order valence-corrected chi connectivity index (χ1v) is 5.98. The zero-order valence-corrected chi connectivity index (χ0v) is 9.38. The molecule has 0 radical (unpaired) electrons. The summed E-state index contributed by atoms with van der Waals surface area (Å²) in [7, 11) is 0. The summed E-state index contributed by atoms with van der Waals surface area (Å²) in [5, 5.41) is 3.00. The van der Waals surface area contributed by atoms with Crippen molar-refractivity contribution in [3.8, 4) is 11.8 Å².